The average Bonchev–Trinajstić information content (AvgIpc) is 2.63. The van der Waals surface area contributed by atoms with Crippen LogP contribution in [0.5, 0.6) is 0 Å². The van der Waals surface area contributed by atoms with Gasteiger partial charge in [0.25, 0.3) is 0 Å². The molecule has 2 aromatic rings. The molecular weight excluding hydrogens is 306 g/mol. The van der Waals surface area contributed by atoms with Crippen molar-refractivity contribution in [3.8, 4) is 0 Å². The summed E-state index contributed by atoms with van der Waals surface area (Å²) in [6.45, 7) is -0.194. The number of hydrogen-bond acceptors (Lipinski definition) is 3. The van der Waals surface area contributed by atoms with Gasteiger partial charge in [0, 0.05) is 15.2 Å². The number of hydrogen-bond donors (Lipinski definition) is 2. The Kier molecular flexibility index (Phi) is 4.19. The van der Waals surface area contributed by atoms with Gasteiger partial charge in [-0.3, -0.25) is 4.79 Å². The van der Waals surface area contributed by atoms with E-state index in [4.69, 9.17) is 11.6 Å². The van der Waals surface area contributed by atoms with Gasteiger partial charge in [-0.05, 0) is 29.8 Å². The fourth-order valence-electron chi connectivity index (χ4n) is 2.39. The van der Waals surface area contributed by atoms with Crippen molar-refractivity contribution in [3.05, 3.63) is 59.1 Å². The number of aliphatic hydroxyl groups excluding tert-OH is 1. The number of halogens is 1. The number of nitrogens with one attached hydrogen (secondary N) is 1. The summed E-state index contributed by atoms with van der Waals surface area (Å²) in [5.74, 6) is -0.654. The fourth-order valence-corrected chi connectivity index (χ4v) is 3.86. The third-order valence-corrected chi connectivity index (χ3v) is 5.21. The largest absolute Gasteiger partial charge is 0.395 e. The van der Waals surface area contributed by atoms with E-state index in [-0.39, 0.29) is 17.8 Å². The lowest BCUT2D eigenvalue weighted by Crippen LogP contribution is -2.28. The molecule has 0 saturated carbocycles. The lowest BCUT2D eigenvalue weighted by atomic mass is 9.98. The summed E-state index contributed by atoms with van der Waals surface area (Å²) in [7, 11) is 0. The second-order valence-corrected chi connectivity index (χ2v) is 6.48. The van der Waals surface area contributed by atoms with Crippen molar-refractivity contribution in [1.29, 1.82) is 0 Å². The molecule has 2 atom stereocenters. The molecule has 3 rings (SSSR count). The minimum atomic E-state index is -0.497. The molecule has 0 spiro atoms. The summed E-state index contributed by atoms with van der Waals surface area (Å²) in [5, 5.41) is 13.1. The van der Waals surface area contributed by atoms with Crippen LogP contribution in [0.2, 0.25) is 5.02 Å². The molecular formula is C16H14ClNO2S. The van der Waals surface area contributed by atoms with Gasteiger partial charge in [-0.15, -0.1) is 11.8 Å². The summed E-state index contributed by atoms with van der Waals surface area (Å²) in [6.07, 6.45) is 0. The Bertz CT molecular complexity index is 660. The van der Waals surface area contributed by atoms with Gasteiger partial charge in [-0.1, -0.05) is 35.9 Å². The number of fused-ring (bicyclic) bond motifs is 1. The van der Waals surface area contributed by atoms with Gasteiger partial charge in [0.2, 0.25) is 5.91 Å². The van der Waals surface area contributed by atoms with Gasteiger partial charge in [0.1, 0.15) is 0 Å². The first-order valence-corrected chi connectivity index (χ1v) is 7.87. The zero-order valence-electron chi connectivity index (χ0n) is 11.1. The van der Waals surface area contributed by atoms with Crippen molar-refractivity contribution in [2.45, 2.75) is 10.1 Å². The van der Waals surface area contributed by atoms with E-state index in [2.05, 4.69) is 5.32 Å². The van der Waals surface area contributed by atoms with Gasteiger partial charge >= 0.3 is 0 Å². The van der Waals surface area contributed by atoms with E-state index in [0.29, 0.717) is 5.02 Å². The number of amides is 1. The molecule has 21 heavy (non-hydrogen) atoms. The SMILES string of the molecule is O=C1Nc2ccccc2SC(c2ccc(Cl)cc2)C1CO. The Morgan fingerprint density at radius 3 is 2.57 bits per heavy atom. The molecule has 0 aromatic heterocycles. The molecule has 1 aliphatic heterocycles. The highest BCUT2D eigenvalue weighted by atomic mass is 35.5. The summed E-state index contributed by atoms with van der Waals surface area (Å²) in [4.78, 5) is 13.3. The smallest absolute Gasteiger partial charge is 0.231 e. The quantitative estimate of drug-likeness (QED) is 0.886. The number of rotatable bonds is 2. The van der Waals surface area contributed by atoms with Crippen LogP contribution in [0.25, 0.3) is 0 Å². The zero-order chi connectivity index (χ0) is 14.8. The van der Waals surface area contributed by atoms with E-state index >= 15 is 0 Å². The van der Waals surface area contributed by atoms with Crippen molar-refractivity contribution in [3.63, 3.8) is 0 Å². The topological polar surface area (TPSA) is 49.3 Å². The average molecular weight is 320 g/mol. The number of carbonyl (C=O) groups excluding carboxylic acids is 1. The Morgan fingerprint density at radius 2 is 1.86 bits per heavy atom. The van der Waals surface area contributed by atoms with E-state index in [0.717, 1.165) is 16.1 Å². The highest BCUT2D eigenvalue weighted by Crippen LogP contribution is 2.46. The molecule has 1 aliphatic rings. The number of para-hydroxylation sites is 1. The summed E-state index contributed by atoms with van der Waals surface area (Å²) in [5.41, 5.74) is 1.78. The molecule has 2 N–H and O–H groups in total. The predicted octanol–water partition coefficient (Wildman–Crippen LogP) is 3.73. The second kappa shape index (κ2) is 6.10. The van der Waals surface area contributed by atoms with Gasteiger partial charge in [-0.2, -0.15) is 0 Å². The number of thioether (sulfide) groups is 1. The third kappa shape index (κ3) is 2.93. The van der Waals surface area contributed by atoms with Crippen LogP contribution in [-0.4, -0.2) is 17.6 Å². The van der Waals surface area contributed by atoms with Crippen LogP contribution in [0.3, 0.4) is 0 Å². The molecule has 0 radical (unpaired) electrons. The number of aliphatic hydroxyl groups is 1. The number of benzene rings is 2. The minimum Gasteiger partial charge on any atom is -0.395 e. The maximum absolute atomic E-state index is 12.3. The standard InChI is InChI=1S/C16H14ClNO2S/c17-11-7-5-10(6-8-11)15-12(9-19)16(20)18-13-3-1-2-4-14(13)21-15/h1-8,12,15,19H,9H2,(H,18,20). The van der Waals surface area contributed by atoms with Gasteiger partial charge in [-0.25, -0.2) is 0 Å². The molecule has 5 heteroatoms. The lowest BCUT2D eigenvalue weighted by Gasteiger charge is -2.21. The molecule has 1 heterocycles. The normalized spacial score (nSPS) is 21.3. The van der Waals surface area contributed by atoms with Gasteiger partial charge in [0.05, 0.1) is 18.2 Å². The van der Waals surface area contributed by atoms with Gasteiger partial charge < -0.3 is 10.4 Å². The highest BCUT2D eigenvalue weighted by Gasteiger charge is 2.33. The number of carbonyl (C=O) groups is 1. The van der Waals surface area contributed by atoms with Crippen LogP contribution in [0.15, 0.2) is 53.4 Å². The molecule has 2 unspecified atom stereocenters. The molecule has 1 amide bonds. The molecule has 0 fully saturated rings. The second-order valence-electron chi connectivity index (χ2n) is 4.86. The van der Waals surface area contributed by atoms with Crippen LogP contribution in [0, 0.1) is 5.92 Å². The van der Waals surface area contributed by atoms with Crippen LogP contribution in [-0.2, 0) is 4.79 Å². The first-order valence-electron chi connectivity index (χ1n) is 6.62. The lowest BCUT2D eigenvalue weighted by molar-refractivity contribution is -0.121. The first-order chi connectivity index (χ1) is 10.2. The van der Waals surface area contributed by atoms with Crippen molar-refractivity contribution in [2.75, 3.05) is 11.9 Å². The Labute approximate surface area is 132 Å². The molecule has 0 aliphatic carbocycles. The molecule has 108 valence electrons. The molecule has 2 aromatic carbocycles. The van der Waals surface area contributed by atoms with Crippen LogP contribution in [0.1, 0.15) is 10.8 Å². The van der Waals surface area contributed by atoms with Crippen LogP contribution in [0.4, 0.5) is 5.69 Å². The molecule has 3 nitrogen and oxygen atoms in total. The van der Waals surface area contributed by atoms with E-state index in [1.165, 1.54) is 0 Å². The predicted molar refractivity (Wildman–Crippen MR) is 85.7 cm³/mol. The summed E-state index contributed by atoms with van der Waals surface area (Å²) >= 11 is 7.51. The highest BCUT2D eigenvalue weighted by molar-refractivity contribution is 7.99. The van der Waals surface area contributed by atoms with Crippen molar-refractivity contribution in [2.24, 2.45) is 5.92 Å². The Hall–Kier alpha value is -1.49. The first kappa shape index (κ1) is 14.4. The summed E-state index contributed by atoms with van der Waals surface area (Å²) < 4.78 is 0. The summed E-state index contributed by atoms with van der Waals surface area (Å²) in [6, 6.07) is 15.1. The van der Waals surface area contributed by atoms with Crippen molar-refractivity contribution in [1.82, 2.24) is 0 Å². The Morgan fingerprint density at radius 1 is 1.14 bits per heavy atom. The minimum absolute atomic E-state index is 0.143. The zero-order valence-corrected chi connectivity index (χ0v) is 12.7. The van der Waals surface area contributed by atoms with Crippen LogP contribution < -0.4 is 5.32 Å². The Balaban J connectivity index is 2.03. The maximum Gasteiger partial charge on any atom is 0.231 e. The molecule has 0 saturated heterocycles. The third-order valence-electron chi connectivity index (χ3n) is 3.50. The van der Waals surface area contributed by atoms with E-state index in [1.54, 1.807) is 23.9 Å². The van der Waals surface area contributed by atoms with E-state index < -0.39 is 5.92 Å². The maximum atomic E-state index is 12.3. The van der Waals surface area contributed by atoms with E-state index in [1.807, 2.05) is 36.4 Å². The molecule has 0 bridgehead atoms. The monoisotopic (exact) mass is 319 g/mol. The van der Waals surface area contributed by atoms with Gasteiger partial charge in [0.15, 0.2) is 0 Å². The van der Waals surface area contributed by atoms with Crippen molar-refractivity contribution < 1.29 is 9.90 Å². The van der Waals surface area contributed by atoms with Crippen LogP contribution >= 0.6 is 23.4 Å². The fraction of sp³-hybridized carbons (Fsp3) is 0.188. The van der Waals surface area contributed by atoms with E-state index in [9.17, 15) is 9.90 Å². The van der Waals surface area contributed by atoms with Crippen molar-refractivity contribution >= 4 is 35.0 Å². The number of anilines is 1.